The van der Waals surface area contributed by atoms with Crippen LogP contribution < -0.4 is 10.1 Å². The lowest BCUT2D eigenvalue weighted by Crippen LogP contribution is -2.23. The highest BCUT2D eigenvalue weighted by Gasteiger charge is 2.20. The number of carbonyl (C=O) groups excluding carboxylic acids is 1. The molecule has 0 radical (unpaired) electrons. The van der Waals surface area contributed by atoms with Gasteiger partial charge in [0.1, 0.15) is 11.5 Å². The summed E-state index contributed by atoms with van der Waals surface area (Å²) in [6.45, 7) is 1.77. The number of halogens is 2. The summed E-state index contributed by atoms with van der Waals surface area (Å²) in [6.07, 6.45) is 0. The molecule has 0 aliphatic rings. The number of rotatable bonds is 5. The second-order valence-corrected chi connectivity index (χ2v) is 7.90. The van der Waals surface area contributed by atoms with Gasteiger partial charge in [-0.25, -0.2) is 8.42 Å². The number of carbonyl (C=O) groups is 1. The van der Waals surface area contributed by atoms with Crippen LogP contribution in [-0.4, -0.2) is 27.2 Å². The topological polar surface area (TPSA) is 72.5 Å². The Morgan fingerprint density at radius 2 is 1.79 bits per heavy atom. The van der Waals surface area contributed by atoms with Crippen LogP contribution in [-0.2, 0) is 14.6 Å². The van der Waals surface area contributed by atoms with E-state index in [4.69, 9.17) is 27.9 Å². The van der Waals surface area contributed by atoms with Crippen molar-refractivity contribution in [3.63, 3.8) is 0 Å². The van der Waals surface area contributed by atoms with Gasteiger partial charge in [0.25, 0.3) is 0 Å². The van der Waals surface area contributed by atoms with Crippen LogP contribution in [0.25, 0.3) is 0 Å². The number of amides is 1. The fourth-order valence-corrected chi connectivity index (χ4v) is 3.43. The van der Waals surface area contributed by atoms with Crippen LogP contribution in [0.15, 0.2) is 41.3 Å². The number of nitrogens with one attached hydrogen (secondary N) is 1. The van der Waals surface area contributed by atoms with Crippen molar-refractivity contribution in [2.75, 3.05) is 18.2 Å². The van der Waals surface area contributed by atoms with E-state index in [1.54, 1.807) is 19.1 Å². The summed E-state index contributed by atoms with van der Waals surface area (Å²) in [5.74, 6) is -1.02. The fourth-order valence-electron chi connectivity index (χ4n) is 2.01. The molecule has 0 unspecified atom stereocenters. The van der Waals surface area contributed by atoms with Crippen LogP contribution >= 0.6 is 23.2 Å². The van der Waals surface area contributed by atoms with Gasteiger partial charge in [-0.3, -0.25) is 4.79 Å². The van der Waals surface area contributed by atoms with Gasteiger partial charge in [0, 0.05) is 16.1 Å². The Bertz CT molecular complexity index is 864. The number of hydrogen-bond donors (Lipinski definition) is 1. The van der Waals surface area contributed by atoms with Crippen molar-refractivity contribution < 1.29 is 17.9 Å². The lowest BCUT2D eigenvalue weighted by Gasteiger charge is -2.12. The third-order valence-electron chi connectivity index (χ3n) is 3.25. The largest absolute Gasteiger partial charge is 0.495 e. The molecule has 0 spiro atoms. The number of aryl methyl sites for hydroxylation is 1. The van der Waals surface area contributed by atoms with Crippen molar-refractivity contribution >= 4 is 44.6 Å². The Morgan fingerprint density at radius 3 is 2.38 bits per heavy atom. The SMILES string of the molecule is COc1cc(Cl)c(C)cc1NC(=O)CS(=O)(=O)c1ccc(Cl)cc1. The van der Waals surface area contributed by atoms with Crippen LogP contribution in [0.4, 0.5) is 5.69 Å². The first-order chi connectivity index (χ1) is 11.2. The van der Waals surface area contributed by atoms with Crippen LogP contribution in [0, 0.1) is 6.92 Å². The molecule has 0 saturated carbocycles. The standard InChI is InChI=1S/C16H15Cl2NO4S/c1-10-7-14(15(23-2)8-13(10)18)19-16(20)9-24(21,22)12-5-3-11(17)4-6-12/h3-8H,9H2,1-2H3,(H,19,20). The monoisotopic (exact) mass is 387 g/mol. The van der Waals surface area contributed by atoms with Crippen molar-refractivity contribution in [2.45, 2.75) is 11.8 Å². The molecular formula is C16H15Cl2NO4S. The van der Waals surface area contributed by atoms with Gasteiger partial charge in [-0.15, -0.1) is 0 Å². The lowest BCUT2D eigenvalue weighted by atomic mass is 10.2. The molecule has 0 saturated heterocycles. The van der Waals surface area contributed by atoms with Gasteiger partial charge in [-0.05, 0) is 42.8 Å². The Labute approximate surface area is 150 Å². The molecule has 5 nitrogen and oxygen atoms in total. The molecule has 0 bridgehead atoms. The van der Waals surface area contributed by atoms with Gasteiger partial charge in [0.05, 0.1) is 17.7 Å². The Morgan fingerprint density at radius 1 is 1.17 bits per heavy atom. The van der Waals surface area contributed by atoms with Crippen molar-refractivity contribution in [1.82, 2.24) is 0 Å². The Hall–Kier alpha value is -1.76. The zero-order chi connectivity index (χ0) is 17.9. The minimum Gasteiger partial charge on any atom is -0.495 e. The first-order valence-electron chi connectivity index (χ1n) is 6.85. The predicted octanol–water partition coefficient (Wildman–Crippen LogP) is 3.72. The van der Waals surface area contributed by atoms with E-state index < -0.39 is 21.5 Å². The average molecular weight is 388 g/mol. The molecule has 128 valence electrons. The first kappa shape index (κ1) is 18.6. The van der Waals surface area contributed by atoms with Crippen molar-refractivity contribution in [3.05, 3.63) is 52.0 Å². The maximum Gasteiger partial charge on any atom is 0.240 e. The normalized spacial score (nSPS) is 11.2. The number of hydrogen-bond acceptors (Lipinski definition) is 4. The van der Waals surface area contributed by atoms with Gasteiger partial charge in [-0.1, -0.05) is 23.2 Å². The molecule has 0 atom stereocenters. The van der Waals surface area contributed by atoms with Gasteiger partial charge in [0.15, 0.2) is 9.84 Å². The second kappa shape index (κ2) is 7.42. The maximum atomic E-state index is 12.3. The predicted molar refractivity (Wildman–Crippen MR) is 94.9 cm³/mol. The summed E-state index contributed by atoms with van der Waals surface area (Å²) in [4.78, 5) is 12.2. The highest BCUT2D eigenvalue weighted by Crippen LogP contribution is 2.31. The van der Waals surface area contributed by atoms with E-state index >= 15 is 0 Å². The number of benzene rings is 2. The zero-order valence-electron chi connectivity index (χ0n) is 13.0. The van der Waals surface area contributed by atoms with E-state index in [9.17, 15) is 13.2 Å². The van der Waals surface area contributed by atoms with Crippen molar-refractivity contribution in [2.24, 2.45) is 0 Å². The van der Waals surface area contributed by atoms with E-state index in [1.807, 2.05) is 0 Å². The number of ether oxygens (including phenoxy) is 1. The summed E-state index contributed by atoms with van der Waals surface area (Å²) < 4.78 is 29.7. The second-order valence-electron chi connectivity index (χ2n) is 5.06. The maximum absolute atomic E-state index is 12.3. The van der Waals surface area contributed by atoms with E-state index in [2.05, 4.69) is 5.32 Å². The summed E-state index contributed by atoms with van der Waals surface area (Å²) in [7, 11) is -2.34. The molecule has 0 aliphatic heterocycles. The average Bonchev–Trinajstić information content (AvgIpc) is 2.50. The summed E-state index contributed by atoms with van der Waals surface area (Å²) in [6, 6.07) is 8.81. The molecule has 0 aliphatic carbocycles. The van der Waals surface area contributed by atoms with Crippen LogP contribution in [0.1, 0.15) is 5.56 Å². The van der Waals surface area contributed by atoms with E-state index in [0.717, 1.165) is 5.56 Å². The number of anilines is 1. The van der Waals surface area contributed by atoms with Crippen molar-refractivity contribution in [1.29, 1.82) is 0 Å². The Balaban J connectivity index is 2.19. The molecule has 0 aromatic heterocycles. The highest BCUT2D eigenvalue weighted by atomic mass is 35.5. The summed E-state index contributed by atoms with van der Waals surface area (Å²) in [5, 5.41) is 3.44. The summed E-state index contributed by atoms with van der Waals surface area (Å²) in [5.41, 5.74) is 1.09. The zero-order valence-corrected chi connectivity index (χ0v) is 15.3. The van der Waals surface area contributed by atoms with Crippen LogP contribution in [0.5, 0.6) is 5.75 Å². The van der Waals surface area contributed by atoms with Gasteiger partial charge in [-0.2, -0.15) is 0 Å². The molecule has 0 heterocycles. The first-order valence-corrected chi connectivity index (χ1v) is 9.26. The Kier molecular flexibility index (Phi) is 5.74. The minimum absolute atomic E-state index is 0.0290. The van der Waals surface area contributed by atoms with Gasteiger partial charge in [0.2, 0.25) is 5.91 Å². The molecular weight excluding hydrogens is 373 g/mol. The molecule has 2 rings (SSSR count). The van der Waals surface area contributed by atoms with E-state index in [1.165, 1.54) is 31.4 Å². The van der Waals surface area contributed by atoms with Crippen molar-refractivity contribution in [3.8, 4) is 5.75 Å². The molecule has 24 heavy (non-hydrogen) atoms. The molecule has 2 aromatic rings. The molecule has 8 heteroatoms. The third-order valence-corrected chi connectivity index (χ3v) is 5.54. The van der Waals surface area contributed by atoms with Gasteiger partial charge >= 0.3 is 0 Å². The van der Waals surface area contributed by atoms with E-state index in [0.29, 0.717) is 21.5 Å². The third kappa shape index (κ3) is 4.41. The summed E-state index contributed by atoms with van der Waals surface area (Å²) >= 11 is 11.7. The fraction of sp³-hybridized carbons (Fsp3) is 0.188. The van der Waals surface area contributed by atoms with Gasteiger partial charge < -0.3 is 10.1 Å². The highest BCUT2D eigenvalue weighted by molar-refractivity contribution is 7.92. The van der Waals surface area contributed by atoms with E-state index in [-0.39, 0.29) is 4.90 Å². The van der Waals surface area contributed by atoms with Crippen LogP contribution in [0.3, 0.4) is 0 Å². The number of methoxy groups -OCH3 is 1. The number of sulfone groups is 1. The molecule has 1 N–H and O–H groups in total. The molecule has 1 amide bonds. The lowest BCUT2D eigenvalue weighted by molar-refractivity contribution is -0.113. The minimum atomic E-state index is -3.77. The smallest absolute Gasteiger partial charge is 0.240 e. The van der Waals surface area contributed by atoms with Crippen LogP contribution in [0.2, 0.25) is 10.0 Å². The molecule has 2 aromatic carbocycles. The molecule has 0 fully saturated rings. The quantitative estimate of drug-likeness (QED) is 0.848.